The number of fused-ring (bicyclic) bond motifs is 1. The number of ether oxygens (including phenoxy) is 2. The molecule has 0 aliphatic rings. The van der Waals surface area contributed by atoms with Crippen LogP contribution in [0.1, 0.15) is 41.5 Å². The van der Waals surface area contributed by atoms with Gasteiger partial charge in [0.25, 0.3) is 0 Å². The first-order chi connectivity index (χ1) is 15.7. The number of aromatic nitrogens is 4. The largest absolute Gasteiger partial charge is 0.463 e. The van der Waals surface area contributed by atoms with Crippen LogP contribution in [-0.2, 0) is 9.47 Å². The van der Waals surface area contributed by atoms with Gasteiger partial charge in [0.2, 0.25) is 0 Å². The molecule has 12 nitrogen and oxygen atoms in total. The van der Waals surface area contributed by atoms with Crippen molar-refractivity contribution in [1.82, 2.24) is 19.7 Å². The van der Waals surface area contributed by atoms with Gasteiger partial charge in [-0.2, -0.15) is 4.90 Å². The highest BCUT2D eigenvalue weighted by Crippen LogP contribution is 2.29. The maximum Gasteiger partial charge on any atom is 0.434 e. The van der Waals surface area contributed by atoms with Crippen LogP contribution in [0.4, 0.5) is 25.9 Å². The highest BCUT2D eigenvalue weighted by Gasteiger charge is 2.37. The first-order valence-electron chi connectivity index (χ1n) is 10.3. The molecule has 34 heavy (non-hydrogen) atoms. The molecule has 0 bridgehead atoms. The predicted octanol–water partition coefficient (Wildman–Crippen LogP) is 4.28. The summed E-state index contributed by atoms with van der Waals surface area (Å²) in [6.45, 7) is 9.72. The number of hydrogen-bond acceptors (Lipinski definition) is 9. The standard InChI is InChI=1S/C22H26N6O6/c1-21(2,3)33-19(31)27(20(32)34-22(4,5)6)17-14-11-24-15(12-7-9-13(23)10-8-12)25-16(14)28(26-17)18(29)30/h7-11H,23H2,1-6H3,(H,29,30). The molecule has 1 aromatic carbocycles. The van der Waals surface area contributed by atoms with E-state index in [0.29, 0.717) is 20.8 Å². The van der Waals surface area contributed by atoms with Gasteiger partial charge in [0, 0.05) is 17.4 Å². The Hall–Kier alpha value is -4.22. The zero-order valence-corrected chi connectivity index (χ0v) is 19.7. The number of carboxylic acid groups (broad SMARTS) is 1. The number of carbonyl (C=O) groups excluding carboxylic acids is 2. The fraction of sp³-hybridized carbons (Fsp3) is 0.364. The molecule has 0 aliphatic heterocycles. The van der Waals surface area contributed by atoms with Crippen LogP contribution in [0, 0.1) is 0 Å². The summed E-state index contributed by atoms with van der Waals surface area (Å²) < 4.78 is 11.2. The van der Waals surface area contributed by atoms with Gasteiger partial charge < -0.3 is 20.3 Å². The fourth-order valence-electron chi connectivity index (χ4n) is 2.82. The van der Waals surface area contributed by atoms with Crippen molar-refractivity contribution in [2.75, 3.05) is 10.6 Å². The summed E-state index contributed by atoms with van der Waals surface area (Å²) in [6, 6.07) is 6.64. The van der Waals surface area contributed by atoms with Crippen LogP contribution in [0.15, 0.2) is 30.5 Å². The summed E-state index contributed by atoms with van der Waals surface area (Å²) >= 11 is 0. The lowest BCUT2D eigenvalue weighted by Crippen LogP contribution is -2.44. The van der Waals surface area contributed by atoms with E-state index >= 15 is 0 Å². The number of anilines is 2. The minimum absolute atomic E-state index is 0.0262. The van der Waals surface area contributed by atoms with Gasteiger partial charge in [-0.3, -0.25) is 0 Å². The zero-order valence-electron chi connectivity index (χ0n) is 19.7. The molecular formula is C22H26N6O6. The number of hydrogen-bond donors (Lipinski definition) is 2. The summed E-state index contributed by atoms with van der Waals surface area (Å²) in [5.41, 5.74) is 4.77. The number of nitrogens with zero attached hydrogens (tertiary/aromatic N) is 5. The van der Waals surface area contributed by atoms with Gasteiger partial charge >= 0.3 is 18.3 Å². The van der Waals surface area contributed by atoms with Crippen molar-refractivity contribution in [2.24, 2.45) is 0 Å². The van der Waals surface area contributed by atoms with E-state index in [9.17, 15) is 19.5 Å². The molecule has 180 valence electrons. The van der Waals surface area contributed by atoms with Gasteiger partial charge in [-0.1, -0.05) is 0 Å². The molecule has 3 aromatic rings. The van der Waals surface area contributed by atoms with E-state index in [-0.39, 0.29) is 22.7 Å². The smallest absolute Gasteiger partial charge is 0.434 e. The Morgan fingerprint density at radius 2 is 1.50 bits per heavy atom. The number of amides is 2. The summed E-state index contributed by atoms with van der Waals surface area (Å²) in [6.07, 6.45) is -2.40. The first-order valence-corrected chi connectivity index (χ1v) is 10.3. The monoisotopic (exact) mass is 470 g/mol. The molecule has 0 saturated heterocycles. The van der Waals surface area contributed by atoms with Crippen LogP contribution in [0.3, 0.4) is 0 Å². The van der Waals surface area contributed by atoms with Crippen LogP contribution in [-0.4, -0.2) is 54.3 Å². The topological polar surface area (TPSA) is 163 Å². The van der Waals surface area contributed by atoms with Crippen molar-refractivity contribution in [1.29, 1.82) is 0 Å². The second-order valence-corrected chi connectivity index (χ2v) is 9.37. The molecule has 2 amide bonds. The third-order valence-electron chi connectivity index (χ3n) is 4.12. The number of imide groups is 1. The second kappa shape index (κ2) is 8.61. The molecule has 12 heteroatoms. The predicted molar refractivity (Wildman–Crippen MR) is 124 cm³/mol. The van der Waals surface area contributed by atoms with E-state index < -0.39 is 29.5 Å². The van der Waals surface area contributed by atoms with Gasteiger partial charge in [-0.05, 0) is 65.8 Å². The van der Waals surface area contributed by atoms with Crippen molar-refractivity contribution >= 4 is 40.8 Å². The van der Waals surface area contributed by atoms with Crippen molar-refractivity contribution in [3.8, 4) is 11.4 Å². The van der Waals surface area contributed by atoms with E-state index in [4.69, 9.17) is 15.2 Å². The Labute approximate surface area is 195 Å². The zero-order chi connectivity index (χ0) is 25.4. The second-order valence-electron chi connectivity index (χ2n) is 9.37. The van der Waals surface area contributed by atoms with Crippen molar-refractivity contribution in [2.45, 2.75) is 52.7 Å². The average Bonchev–Trinajstić information content (AvgIpc) is 3.04. The molecule has 0 saturated carbocycles. The lowest BCUT2D eigenvalue weighted by Gasteiger charge is -2.27. The first kappa shape index (κ1) is 24.4. The third kappa shape index (κ3) is 5.39. The highest BCUT2D eigenvalue weighted by molar-refractivity contribution is 6.13. The van der Waals surface area contributed by atoms with Crippen LogP contribution in [0.25, 0.3) is 22.4 Å². The maximum atomic E-state index is 13.0. The molecule has 0 aliphatic carbocycles. The van der Waals surface area contributed by atoms with E-state index in [1.807, 2.05) is 0 Å². The van der Waals surface area contributed by atoms with Crippen LogP contribution in [0.5, 0.6) is 0 Å². The quantitative estimate of drug-likeness (QED) is 0.517. The highest BCUT2D eigenvalue weighted by atomic mass is 16.6. The molecule has 3 N–H and O–H groups in total. The molecule has 0 spiro atoms. The minimum atomic E-state index is -1.48. The molecular weight excluding hydrogens is 444 g/mol. The molecule has 0 fully saturated rings. The summed E-state index contributed by atoms with van der Waals surface area (Å²) in [7, 11) is 0. The molecule has 0 radical (unpaired) electrons. The van der Waals surface area contributed by atoms with Gasteiger partial charge in [-0.25, -0.2) is 24.4 Å². The van der Waals surface area contributed by atoms with E-state index in [1.54, 1.807) is 65.8 Å². The lowest BCUT2D eigenvalue weighted by atomic mass is 10.2. The van der Waals surface area contributed by atoms with Crippen molar-refractivity contribution in [3.05, 3.63) is 30.5 Å². The van der Waals surface area contributed by atoms with E-state index in [1.165, 1.54) is 6.20 Å². The van der Waals surface area contributed by atoms with Crippen molar-refractivity contribution in [3.63, 3.8) is 0 Å². The maximum absolute atomic E-state index is 13.0. The number of nitrogens with two attached hydrogens (primary N) is 1. The Kier molecular flexibility index (Phi) is 6.19. The van der Waals surface area contributed by atoms with Crippen LogP contribution >= 0.6 is 0 Å². The Bertz CT molecular complexity index is 1230. The summed E-state index contributed by atoms with van der Waals surface area (Å²) in [5.74, 6) is -0.146. The average molecular weight is 470 g/mol. The molecule has 2 heterocycles. The Balaban J connectivity index is 2.20. The number of benzene rings is 1. The van der Waals surface area contributed by atoms with E-state index in [0.717, 1.165) is 0 Å². The molecule has 3 rings (SSSR count). The van der Waals surface area contributed by atoms with Gasteiger partial charge in [0.15, 0.2) is 17.3 Å². The van der Waals surface area contributed by atoms with E-state index in [2.05, 4.69) is 15.1 Å². The molecule has 0 unspecified atom stereocenters. The molecule has 0 atom stereocenters. The normalized spacial score (nSPS) is 11.8. The number of rotatable bonds is 2. The van der Waals surface area contributed by atoms with Crippen molar-refractivity contribution < 1.29 is 29.0 Å². The Morgan fingerprint density at radius 1 is 0.971 bits per heavy atom. The minimum Gasteiger partial charge on any atom is -0.463 e. The number of carbonyl (C=O) groups is 3. The van der Waals surface area contributed by atoms with Gasteiger partial charge in [0.1, 0.15) is 11.2 Å². The summed E-state index contributed by atoms with van der Waals surface area (Å²) in [5, 5.41) is 13.7. The van der Waals surface area contributed by atoms with Gasteiger partial charge in [0.05, 0.1) is 5.39 Å². The third-order valence-corrected chi connectivity index (χ3v) is 4.12. The molecule has 2 aromatic heterocycles. The lowest BCUT2D eigenvalue weighted by molar-refractivity contribution is 0.0429. The summed E-state index contributed by atoms with van der Waals surface area (Å²) in [4.78, 5) is 47.0. The SMILES string of the molecule is CC(C)(C)OC(=O)N(C(=O)OC(C)(C)C)c1nn(C(=O)O)c2nc(-c3ccc(N)cc3)ncc12. The fourth-order valence-corrected chi connectivity index (χ4v) is 2.82. The Morgan fingerprint density at radius 3 is 1.97 bits per heavy atom. The number of nitrogen functional groups attached to an aromatic ring is 1. The van der Waals surface area contributed by atoms with Crippen LogP contribution < -0.4 is 10.6 Å². The van der Waals surface area contributed by atoms with Crippen LogP contribution in [0.2, 0.25) is 0 Å². The van der Waals surface area contributed by atoms with Gasteiger partial charge in [-0.15, -0.1) is 9.78 Å².